The number of halogens is 1. The van der Waals surface area contributed by atoms with Crippen molar-refractivity contribution in [2.75, 3.05) is 10.6 Å². The predicted molar refractivity (Wildman–Crippen MR) is 88.1 cm³/mol. The van der Waals surface area contributed by atoms with E-state index in [2.05, 4.69) is 26.6 Å². The summed E-state index contributed by atoms with van der Waals surface area (Å²) >= 11 is 3.49. The highest BCUT2D eigenvalue weighted by Crippen LogP contribution is 2.26. The SMILES string of the molecule is CC(=O)Nc1ccc(NCc2ccc(CO)cc2)c(Br)c1. The van der Waals surface area contributed by atoms with Crippen molar-refractivity contribution in [3.05, 3.63) is 58.1 Å². The first-order valence-electron chi connectivity index (χ1n) is 6.58. The Morgan fingerprint density at radius 1 is 1.14 bits per heavy atom. The van der Waals surface area contributed by atoms with Crippen molar-refractivity contribution in [2.45, 2.75) is 20.1 Å². The minimum absolute atomic E-state index is 0.0594. The first kappa shape index (κ1) is 15.5. The number of carbonyl (C=O) groups is 1. The Balaban J connectivity index is 2.00. The summed E-state index contributed by atoms with van der Waals surface area (Å²) in [7, 11) is 0. The van der Waals surface area contributed by atoms with Crippen molar-refractivity contribution in [1.82, 2.24) is 0 Å². The van der Waals surface area contributed by atoms with Gasteiger partial charge >= 0.3 is 0 Å². The van der Waals surface area contributed by atoms with Crippen LogP contribution >= 0.6 is 15.9 Å². The second-order valence-corrected chi connectivity index (χ2v) is 5.56. The number of aliphatic hydroxyl groups is 1. The number of rotatable bonds is 5. The van der Waals surface area contributed by atoms with Gasteiger partial charge in [0.2, 0.25) is 5.91 Å². The molecule has 0 aliphatic rings. The van der Waals surface area contributed by atoms with E-state index < -0.39 is 0 Å². The van der Waals surface area contributed by atoms with E-state index in [1.54, 1.807) is 0 Å². The minimum Gasteiger partial charge on any atom is -0.392 e. The van der Waals surface area contributed by atoms with Crippen LogP contribution in [0.25, 0.3) is 0 Å². The summed E-state index contributed by atoms with van der Waals surface area (Å²) in [6, 6.07) is 13.4. The van der Waals surface area contributed by atoms with Crippen LogP contribution in [0.3, 0.4) is 0 Å². The third kappa shape index (κ3) is 4.58. The van der Waals surface area contributed by atoms with Gasteiger partial charge in [-0.1, -0.05) is 24.3 Å². The normalized spacial score (nSPS) is 10.2. The molecule has 21 heavy (non-hydrogen) atoms. The third-order valence-corrected chi connectivity index (χ3v) is 3.63. The van der Waals surface area contributed by atoms with E-state index in [-0.39, 0.29) is 12.5 Å². The summed E-state index contributed by atoms with van der Waals surface area (Å²) in [5.74, 6) is -0.0911. The summed E-state index contributed by atoms with van der Waals surface area (Å²) in [6.07, 6.45) is 0. The molecular weight excluding hydrogens is 332 g/mol. The van der Waals surface area contributed by atoms with Crippen LogP contribution in [0.4, 0.5) is 11.4 Å². The minimum atomic E-state index is -0.0911. The molecule has 0 saturated carbocycles. The average molecular weight is 349 g/mol. The first-order valence-corrected chi connectivity index (χ1v) is 7.37. The number of aliphatic hydroxyl groups excluding tert-OH is 1. The van der Waals surface area contributed by atoms with Crippen LogP contribution in [0.2, 0.25) is 0 Å². The second-order valence-electron chi connectivity index (χ2n) is 4.70. The molecule has 0 spiro atoms. The number of benzene rings is 2. The molecular formula is C16H17BrN2O2. The number of hydrogen-bond acceptors (Lipinski definition) is 3. The lowest BCUT2D eigenvalue weighted by Crippen LogP contribution is -2.06. The van der Waals surface area contributed by atoms with Crippen molar-refractivity contribution >= 4 is 33.2 Å². The summed E-state index contributed by atoms with van der Waals surface area (Å²) in [5.41, 5.74) is 3.74. The van der Waals surface area contributed by atoms with Crippen molar-refractivity contribution in [1.29, 1.82) is 0 Å². The molecule has 0 radical (unpaired) electrons. The zero-order chi connectivity index (χ0) is 15.2. The van der Waals surface area contributed by atoms with Gasteiger partial charge in [0.1, 0.15) is 0 Å². The molecule has 0 saturated heterocycles. The van der Waals surface area contributed by atoms with Crippen LogP contribution in [0, 0.1) is 0 Å². The summed E-state index contributed by atoms with van der Waals surface area (Å²) < 4.78 is 0.890. The molecule has 2 aromatic rings. The van der Waals surface area contributed by atoms with Crippen molar-refractivity contribution in [2.24, 2.45) is 0 Å². The number of anilines is 2. The molecule has 0 aromatic heterocycles. The Morgan fingerprint density at radius 2 is 1.81 bits per heavy atom. The molecule has 1 amide bonds. The Bertz CT molecular complexity index is 627. The zero-order valence-corrected chi connectivity index (χ0v) is 13.3. The largest absolute Gasteiger partial charge is 0.392 e. The topological polar surface area (TPSA) is 61.4 Å². The van der Waals surface area contributed by atoms with Crippen molar-refractivity contribution < 1.29 is 9.90 Å². The standard InChI is InChI=1S/C16H17BrN2O2/c1-11(21)19-14-6-7-16(15(17)8-14)18-9-12-2-4-13(10-20)5-3-12/h2-8,18,20H,9-10H2,1H3,(H,19,21). The summed E-state index contributed by atoms with van der Waals surface area (Å²) in [4.78, 5) is 11.0. The second kappa shape index (κ2) is 7.24. The van der Waals surface area contributed by atoms with Gasteiger partial charge in [-0.3, -0.25) is 4.79 Å². The van der Waals surface area contributed by atoms with Crippen LogP contribution < -0.4 is 10.6 Å². The number of nitrogens with one attached hydrogen (secondary N) is 2. The average Bonchev–Trinajstić information content (AvgIpc) is 2.46. The molecule has 0 fully saturated rings. The van der Waals surface area contributed by atoms with Gasteiger partial charge in [0.05, 0.1) is 6.61 Å². The highest BCUT2D eigenvalue weighted by atomic mass is 79.9. The van der Waals surface area contributed by atoms with Gasteiger partial charge in [-0.05, 0) is 45.3 Å². The first-order chi connectivity index (χ1) is 10.1. The molecule has 0 unspecified atom stereocenters. The highest BCUT2D eigenvalue weighted by Gasteiger charge is 2.03. The fraction of sp³-hybridized carbons (Fsp3) is 0.188. The molecule has 2 aromatic carbocycles. The molecule has 2 rings (SSSR count). The molecule has 4 nitrogen and oxygen atoms in total. The van der Waals surface area contributed by atoms with E-state index in [0.717, 1.165) is 27.0 Å². The lowest BCUT2D eigenvalue weighted by Gasteiger charge is -2.11. The van der Waals surface area contributed by atoms with Crippen LogP contribution in [-0.4, -0.2) is 11.0 Å². The van der Waals surface area contributed by atoms with Crippen molar-refractivity contribution in [3.63, 3.8) is 0 Å². The fourth-order valence-electron chi connectivity index (χ4n) is 1.90. The van der Waals surface area contributed by atoms with Gasteiger partial charge in [-0.2, -0.15) is 0 Å². The molecule has 0 heterocycles. The molecule has 0 atom stereocenters. The highest BCUT2D eigenvalue weighted by molar-refractivity contribution is 9.10. The quantitative estimate of drug-likeness (QED) is 0.774. The predicted octanol–water partition coefficient (Wildman–Crippen LogP) is 3.51. The maximum absolute atomic E-state index is 11.0. The van der Waals surface area contributed by atoms with E-state index in [1.807, 2.05) is 42.5 Å². The maximum atomic E-state index is 11.0. The van der Waals surface area contributed by atoms with Gasteiger partial charge < -0.3 is 15.7 Å². The number of hydrogen-bond donors (Lipinski definition) is 3. The number of amides is 1. The Hall–Kier alpha value is -1.85. The smallest absolute Gasteiger partial charge is 0.221 e. The van der Waals surface area contributed by atoms with E-state index in [0.29, 0.717) is 6.54 Å². The van der Waals surface area contributed by atoms with Crippen LogP contribution in [0.15, 0.2) is 46.9 Å². The van der Waals surface area contributed by atoms with Gasteiger partial charge in [0.25, 0.3) is 0 Å². The molecule has 110 valence electrons. The van der Waals surface area contributed by atoms with E-state index in [4.69, 9.17) is 5.11 Å². The van der Waals surface area contributed by atoms with Crippen LogP contribution in [-0.2, 0) is 17.9 Å². The summed E-state index contributed by atoms with van der Waals surface area (Å²) in [5, 5.41) is 15.1. The van der Waals surface area contributed by atoms with Gasteiger partial charge in [0.15, 0.2) is 0 Å². The van der Waals surface area contributed by atoms with Gasteiger partial charge in [-0.15, -0.1) is 0 Å². The Kier molecular flexibility index (Phi) is 5.36. The van der Waals surface area contributed by atoms with Gasteiger partial charge in [-0.25, -0.2) is 0 Å². The lowest BCUT2D eigenvalue weighted by molar-refractivity contribution is -0.114. The van der Waals surface area contributed by atoms with E-state index >= 15 is 0 Å². The Morgan fingerprint density at radius 3 is 2.38 bits per heavy atom. The fourth-order valence-corrected chi connectivity index (χ4v) is 2.42. The number of carbonyl (C=O) groups excluding carboxylic acids is 1. The molecule has 0 aliphatic carbocycles. The van der Waals surface area contributed by atoms with Crippen LogP contribution in [0.1, 0.15) is 18.1 Å². The summed E-state index contributed by atoms with van der Waals surface area (Å²) in [6.45, 7) is 2.23. The van der Waals surface area contributed by atoms with Gasteiger partial charge in [0, 0.05) is 29.3 Å². The third-order valence-electron chi connectivity index (χ3n) is 2.98. The Labute approximate surface area is 132 Å². The monoisotopic (exact) mass is 348 g/mol. The van der Waals surface area contributed by atoms with Crippen LogP contribution in [0.5, 0.6) is 0 Å². The van der Waals surface area contributed by atoms with E-state index in [1.165, 1.54) is 6.92 Å². The molecule has 0 bridgehead atoms. The maximum Gasteiger partial charge on any atom is 0.221 e. The lowest BCUT2D eigenvalue weighted by atomic mass is 10.1. The van der Waals surface area contributed by atoms with E-state index in [9.17, 15) is 4.79 Å². The molecule has 5 heteroatoms. The molecule has 0 aliphatic heterocycles. The zero-order valence-electron chi connectivity index (χ0n) is 11.7. The molecule has 3 N–H and O–H groups in total. The van der Waals surface area contributed by atoms with Crippen molar-refractivity contribution in [3.8, 4) is 0 Å².